The van der Waals surface area contributed by atoms with Gasteiger partial charge in [-0.3, -0.25) is 4.99 Å². The third-order valence-electron chi connectivity index (χ3n) is 3.69. The van der Waals surface area contributed by atoms with Gasteiger partial charge in [-0.1, -0.05) is 13.8 Å². The SMILES string of the molecule is CCNC(=NCC(CC(C)C)NC(=O)OCC)NCC1CCCO1.I. The van der Waals surface area contributed by atoms with Crippen LogP contribution >= 0.6 is 24.0 Å². The molecule has 2 unspecified atom stereocenters. The molecule has 1 aliphatic heterocycles. The molecule has 1 saturated heterocycles. The molecule has 1 rings (SSSR count). The summed E-state index contributed by atoms with van der Waals surface area (Å²) >= 11 is 0. The summed E-state index contributed by atoms with van der Waals surface area (Å²) in [5.41, 5.74) is 0. The van der Waals surface area contributed by atoms with Crippen molar-refractivity contribution in [2.24, 2.45) is 10.9 Å². The van der Waals surface area contributed by atoms with E-state index in [0.717, 1.165) is 44.9 Å². The van der Waals surface area contributed by atoms with Gasteiger partial charge in [-0.2, -0.15) is 0 Å². The highest BCUT2D eigenvalue weighted by atomic mass is 127. The molecule has 1 aliphatic rings. The van der Waals surface area contributed by atoms with E-state index >= 15 is 0 Å². The summed E-state index contributed by atoms with van der Waals surface area (Å²) in [6, 6.07) is -0.0396. The molecule has 25 heavy (non-hydrogen) atoms. The fourth-order valence-electron chi connectivity index (χ4n) is 2.65. The summed E-state index contributed by atoms with van der Waals surface area (Å²) in [4.78, 5) is 16.3. The van der Waals surface area contributed by atoms with Gasteiger partial charge in [0, 0.05) is 19.7 Å². The van der Waals surface area contributed by atoms with Crippen molar-refractivity contribution in [3.05, 3.63) is 0 Å². The van der Waals surface area contributed by atoms with Gasteiger partial charge in [-0.25, -0.2) is 4.79 Å². The number of carbonyl (C=O) groups is 1. The molecule has 8 heteroatoms. The minimum atomic E-state index is -0.379. The number of nitrogens with one attached hydrogen (secondary N) is 3. The zero-order valence-corrected chi connectivity index (χ0v) is 18.3. The number of guanidine groups is 1. The third kappa shape index (κ3) is 11.5. The molecule has 1 amide bonds. The Morgan fingerprint density at radius 3 is 2.64 bits per heavy atom. The number of alkyl carbamates (subject to hydrolysis) is 1. The number of hydrogen-bond acceptors (Lipinski definition) is 4. The van der Waals surface area contributed by atoms with Crippen LogP contribution in [0.3, 0.4) is 0 Å². The highest BCUT2D eigenvalue weighted by Crippen LogP contribution is 2.10. The van der Waals surface area contributed by atoms with E-state index in [-0.39, 0.29) is 42.2 Å². The van der Waals surface area contributed by atoms with E-state index in [1.54, 1.807) is 6.92 Å². The van der Waals surface area contributed by atoms with Crippen molar-refractivity contribution in [3.8, 4) is 0 Å². The zero-order chi connectivity index (χ0) is 17.8. The zero-order valence-electron chi connectivity index (χ0n) is 16.0. The minimum Gasteiger partial charge on any atom is -0.450 e. The smallest absolute Gasteiger partial charge is 0.407 e. The maximum atomic E-state index is 11.7. The van der Waals surface area contributed by atoms with Gasteiger partial charge in [0.2, 0.25) is 0 Å². The lowest BCUT2D eigenvalue weighted by molar-refractivity contribution is 0.114. The number of ether oxygens (including phenoxy) is 2. The lowest BCUT2D eigenvalue weighted by Crippen LogP contribution is -2.43. The Balaban J connectivity index is 0.00000576. The van der Waals surface area contributed by atoms with E-state index in [1.807, 2.05) is 6.92 Å². The molecule has 1 heterocycles. The van der Waals surface area contributed by atoms with Crippen molar-refractivity contribution in [2.75, 3.05) is 32.8 Å². The molecule has 7 nitrogen and oxygen atoms in total. The number of hydrogen-bond donors (Lipinski definition) is 3. The van der Waals surface area contributed by atoms with Crippen LogP contribution in [0.15, 0.2) is 4.99 Å². The van der Waals surface area contributed by atoms with Crippen LogP contribution in [0.4, 0.5) is 4.79 Å². The number of rotatable bonds is 9. The summed E-state index contributed by atoms with van der Waals surface area (Å²) in [6.45, 7) is 11.4. The Labute approximate surface area is 169 Å². The molecule has 1 fully saturated rings. The molecule has 2 atom stereocenters. The van der Waals surface area contributed by atoms with E-state index in [9.17, 15) is 4.79 Å². The topological polar surface area (TPSA) is 84.0 Å². The van der Waals surface area contributed by atoms with E-state index in [0.29, 0.717) is 19.1 Å². The molecule has 0 saturated carbocycles. The average molecular weight is 470 g/mol. The Morgan fingerprint density at radius 2 is 2.08 bits per heavy atom. The monoisotopic (exact) mass is 470 g/mol. The van der Waals surface area contributed by atoms with Gasteiger partial charge >= 0.3 is 6.09 Å². The van der Waals surface area contributed by atoms with E-state index in [1.165, 1.54) is 0 Å². The van der Waals surface area contributed by atoms with E-state index in [2.05, 4.69) is 34.8 Å². The number of carbonyl (C=O) groups excluding carboxylic acids is 1. The standard InChI is InChI=1S/C17H34N4O3.HI/c1-5-18-16(20-12-15-8-7-9-24-15)19-11-14(10-13(3)4)21-17(22)23-6-2;/h13-15H,5-12H2,1-4H3,(H,21,22)(H2,18,19,20);1H. The Morgan fingerprint density at radius 1 is 1.32 bits per heavy atom. The lowest BCUT2D eigenvalue weighted by Gasteiger charge is -2.20. The van der Waals surface area contributed by atoms with Crippen molar-refractivity contribution in [3.63, 3.8) is 0 Å². The predicted molar refractivity (Wildman–Crippen MR) is 112 cm³/mol. The molecule has 3 N–H and O–H groups in total. The van der Waals surface area contributed by atoms with Crippen molar-refractivity contribution in [1.29, 1.82) is 0 Å². The largest absolute Gasteiger partial charge is 0.450 e. The molecular weight excluding hydrogens is 435 g/mol. The summed E-state index contributed by atoms with van der Waals surface area (Å²) < 4.78 is 10.6. The Bertz CT molecular complexity index is 388. The lowest BCUT2D eigenvalue weighted by atomic mass is 10.0. The molecule has 0 aromatic carbocycles. The second kappa shape index (κ2) is 14.4. The molecular formula is C17H35IN4O3. The molecule has 0 bridgehead atoms. The fourth-order valence-corrected chi connectivity index (χ4v) is 2.65. The Hall–Kier alpha value is -0.770. The first-order valence-corrected chi connectivity index (χ1v) is 9.12. The van der Waals surface area contributed by atoms with Gasteiger partial charge in [0.15, 0.2) is 5.96 Å². The van der Waals surface area contributed by atoms with Gasteiger partial charge in [0.05, 0.1) is 25.3 Å². The van der Waals surface area contributed by atoms with E-state index < -0.39 is 0 Å². The first-order chi connectivity index (χ1) is 11.5. The van der Waals surface area contributed by atoms with Crippen LogP contribution in [-0.4, -0.2) is 57.0 Å². The summed E-state index contributed by atoms with van der Waals surface area (Å²) in [7, 11) is 0. The van der Waals surface area contributed by atoms with Crippen LogP contribution in [0.1, 0.15) is 47.0 Å². The normalized spacial score (nSPS) is 18.4. The van der Waals surface area contributed by atoms with Gasteiger partial charge in [-0.15, -0.1) is 24.0 Å². The first-order valence-electron chi connectivity index (χ1n) is 9.12. The predicted octanol–water partition coefficient (Wildman–Crippen LogP) is 2.50. The van der Waals surface area contributed by atoms with Crippen LogP contribution in [-0.2, 0) is 9.47 Å². The Kier molecular flexibility index (Phi) is 14.0. The van der Waals surface area contributed by atoms with Crippen molar-refractivity contribution in [1.82, 2.24) is 16.0 Å². The van der Waals surface area contributed by atoms with Crippen molar-refractivity contribution in [2.45, 2.75) is 59.1 Å². The molecule has 0 aliphatic carbocycles. The second-order valence-electron chi connectivity index (χ2n) is 6.43. The van der Waals surface area contributed by atoms with Gasteiger partial charge < -0.3 is 25.4 Å². The number of amides is 1. The first kappa shape index (κ1) is 24.2. The van der Waals surface area contributed by atoms with Crippen LogP contribution < -0.4 is 16.0 Å². The summed E-state index contributed by atoms with van der Waals surface area (Å²) in [5, 5.41) is 9.45. The molecule has 0 spiro atoms. The van der Waals surface area contributed by atoms with Crippen LogP contribution in [0.5, 0.6) is 0 Å². The summed E-state index contributed by atoms with van der Waals surface area (Å²) in [6.07, 6.45) is 2.95. The molecule has 148 valence electrons. The average Bonchev–Trinajstić information content (AvgIpc) is 3.03. The number of halogens is 1. The van der Waals surface area contributed by atoms with Gasteiger partial charge in [0.25, 0.3) is 0 Å². The van der Waals surface area contributed by atoms with Crippen molar-refractivity contribution >= 4 is 36.0 Å². The molecule has 0 radical (unpaired) electrons. The maximum Gasteiger partial charge on any atom is 0.407 e. The van der Waals surface area contributed by atoms with Gasteiger partial charge in [0.1, 0.15) is 0 Å². The number of aliphatic imine (C=N–C) groups is 1. The highest BCUT2D eigenvalue weighted by Gasteiger charge is 2.17. The molecule has 0 aromatic heterocycles. The minimum absolute atomic E-state index is 0. The van der Waals surface area contributed by atoms with Crippen LogP contribution in [0.25, 0.3) is 0 Å². The van der Waals surface area contributed by atoms with E-state index in [4.69, 9.17) is 9.47 Å². The highest BCUT2D eigenvalue weighted by molar-refractivity contribution is 14.0. The fraction of sp³-hybridized carbons (Fsp3) is 0.882. The summed E-state index contributed by atoms with van der Waals surface area (Å²) in [5.74, 6) is 1.22. The maximum absolute atomic E-state index is 11.7. The van der Waals surface area contributed by atoms with Crippen LogP contribution in [0, 0.1) is 5.92 Å². The second-order valence-corrected chi connectivity index (χ2v) is 6.43. The molecule has 0 aromatic rings. The van der Waals surface area contributed by atoms with Crippen molar-refractivity contribution < 1.29 is 14.3 Å². The number of nitrogens with zero attached hydrogens (tertiary/aromatic N) is 1. The van der Waals surface area contributed by atoms with Gasteiger partial charge in [-0.05, 0) is 39.0 Å². The van der Waals surface area contributed by atoms with Crippen LogP contribution in [0.2, 0.25) is 0 Å². The quantitative estimate of drug-likeness (QED) is 0.274. The third-order valence-corrected chi connectivity index (χ3v) is 3.69.